The molecule has 2 aromatic rings. The molecule has 1 aliphatic rings. The molecule has 6 nitrogen and oxygen atoms in total. The molecule has 0 aliphatic heterocycles. The normalized spacial score (nSPS) is 17.6. The third-order valence-electron chi connectivity index (χ3n) is 5.79. The van der Waals surface area contributed by atoms with Crippen LogP contribution in [0.2, 0.25) is 0 Å². The van der Waals surface area contributed by atoms with Crippen molar-refractivity contribution in [3.8, 4) is 0 Å². The molecule has 28 heavy (non-hydrogen) atoms. The fourth-order valence-corrected chi connectivity index (χ4v) is 4.25. The van der Waals surface area contributed by atoms with Crippen molar-refractivity contribution in [2.24, 2.45) is 17.4 Å². The molecular weight excluding hydrogens is 359 g/mol. The van der Waals surface area contributed by atoms with Crippen LogP contribution >= 0.6 is 0 Å². The largest absolute Gasteiger partial charge is 0.396 e. The lowest BCUT2D eigenvalue weighted by Crippen LogP contribution is -2.40. The number of nitrogens with two attached hydrogens (primary N) is 2. The van der Waals surface area contributed by atoms with Gasteiger partial charge in [0, 0.05) is 30.1 Å². The monoisotopic (exact) mass is 390 g/mol. The number of carbonyl (C=O) groups is 1. The second kappa shape index (κ2) is 9.49. The van der Waals surface area contributed by atoms with Gasteiger partial charge in [-0.3, -0.25) is 4.79 Å². The second-order valence-electron chi connectivity index (χ2n) is 7.93. The van der Waals surface area contributed by atoms with Gasteiger partial charge in [-0.1, -0.05) is 19.3 Å². The number of halogens is 1. The highest BCUT2D eigenvalue weighted by atomic mass is 19.1. The quantitative estimate of drug-likeness (QED) is 0.476. The maximum atomic E-state index is 13.9. The molecule has 1 fully saturated rings. The van der Waals surface area contributed by atoms with Crippen LogP contribution in [0.25, 0.3) is 10.9 Å². The van der Waals surface area contributed by atoms with Gasteiger partial charge in [-0.25, -0.2) is 4.39 Å². The number of hydrogen-bond donors (Lipinski definition) is 5. The van der Waals surface area contributed by atoms with E-state index in [9.17, 15) is 14.3 Å². The first kappa shape index (κ1) is 20.8. The summed E-state index contributed by atoms with van der Waals surface area (Å²) in [5.41, 5.74) is 13.9. The summed E-state index contributed by atoms with van der Waals surface area (Å²) in [6, 6.07) is 4.32. The fourth-order valence-electron chi connectivity index (χ4n) is 4.25. The highest BCUT2D eigenvalue weighted by Gasteiger charge is 2.26. The van der Waals surface area contributed by atoms with E-state index in [0.29, 0.717) is 25.2 Å². The SMILES string of the molecule is NCC(CO)C[C@@H](N)CNC(=O)c1[nH]c2ccc(F)cc2c1C1CCCCC1. The number of nitrogens with one attached hydrogen (secondary N) is 2. The summed E-state index contributed by atoms with van der Waals surface area (Å²) in [5.74, 6) is -0.328. The van der Waals surface area contributed by atoms with E-state index in [0.717, 1.165) is 42.1 Å². The molecule has 2 atom stereocenters. The Balaban J connectivity index is 1.80. The van der Waals surface area contributed by atoms with Crippen LogP contribution in [0.5, 0.6) is 0 Å². The minimum atomic E-state index is -0.297. The van der Waals surface area contributed by atoms with Crippen LogP contribution < -0.4 is 16.8 Å². The number of rotatable bonds is 8. The summed E-state index contributed by atoms with van der Waals surface area (Å²) in [6.45, 7) is 0.637. The van der Waals surface area contributed by atoms with Gasteiger partial charge in [0.25, 0.3) is 5.91 Å². The molecule has 1 aliphatic carbocycles. The molecule has 154 valence electrons. The molecule has 0 bridgehead atoms. The first-order valence-electron chi connectivity index (χ1n) is 10.2. The molecule has 1 amide bonds. The van der Waals surface area contributed by atoms with Gasteiger partial charge in [-0.15, -0.1) is 0 Å². The number of benzene rings is 1. The van der Waals surface area contributed by atoms with Gasteiger partial charge >= 0.3 is 0 Å². The van der Waals surface area contributed by atoms with Gasteiger partial charge in [0.15, 0.2) is 0 Å². The Labute approximate surface area is 164 Å². The average molecular weight is 391 g/mol. The Kier molecular flexibility index (Phi) is 7.04. The van der Waals surface area contributed by atoms with Gasteiger partial charge < -0.3 is 26.9 Å². The standard InChI is InChI=1S/C21H31FN4O2/c22-15-6-7-18-17(9-15)19(14-4-2-1-3-5-14)20(26-18)21(28)25-11-16(24)8-13(10-23)12-27/h6-7,9,13-14,16,26-27H,1-5,8,10-12,23-24H2,(H,25,28)/t13?,16-/m1/s1. The van der Waals surface area contributed by atoms with Crippen molar-refractivity contribution in [2.45, 2.75) is 50.5 Å². The number of H-pyrrole nitrogens is 1. The van der Waals surface area contributed by atoms with Crippen LogP contribution in [0.4, 0.5) is 4.39 Å². The summed E-state index contributed by atoms with van der Waals surface area (Å²) in [7, 11) is 0. The Morgan fingerprint density at radius 2 is 2.07 bits per heavy atom. The summed E-state index contributed by atoms with van der Waals surface area (Å²) in [4.78, 5) is 16.1. The van der Waals surface area contributed by atoms with Crippen molar-refractivity contribution in [1.29, 1.82) is 0 Å². The molecule has 0 radical (unpaired) electrons. The number of aromatic amines is 1. The van der Waals surface area contributed by atoms with Gasteiger partial charge in [0.05, 0.1) is 0 Å². The van der Waals surface area contributed by atoms with Crippen LogP contribution in [0.1, 0.15) is 60.5 Å². The van der Waals surface area contributed by atoms with Crippen molar-refractivity contribution in [3.05, 3.63) is 35.3 Å². The topological polar surface area (TPSA) is 117 Å². The number of aromatic nitrogens is 1. The molecule has 7 N–H and O–H groups in total. The summed E-state index contributed by atoms with van der Waals surface area (Å²) in [6.07, 6.45) is 6.02. The number of aliphatic hydroxyl groups is 1. The van der Waals surface area contributed by atoms with E-state index in [2.05, 4.69) is 10.3 Å². The fraction of sp³-hybridized carbons (Fsp3) is 0.571. The van der Waals surface area contributed by atoms with Crippen LogP contribution in [0.15, 0.2) is 18.2 Å². The first-order valence-corrected chi connectivity index (χ1v) is 10.2. The minimum absolute atomic E-state index is 0.0163. The molecule has 1 aromatic heterocycles. The van der Waals surface area contributed by atoms with Crippen LogP contribution in [0, 0.1) is 11.7 Å². The Morgan fingerprint density at radius 3 is 2.75 bits per heavy atom. The van der Waals surface area contributed by atoms with Crippen molar-refractivity contribution >= 4 is 16.8 Å². The van der Waals surface area contributed by atoms with Gasteiger partial charge in [-0.05, 0) is 61.4 Å². The molecule has 1 saturated carbocycles. The highest BCUT2D eigenvalue weighted by Crippen LogP contribution is 2.38. The molecule has 0 saturated heterocycles. The molecule has 3 rings (SSSR count). The van der Waals surface area contributed by atoms with Gasteiger partial charge in [0.2, 0.25) is 0 Å². The number of aliphatic hydroxyl groups excluding tert-OH is 1. The highest BCUT2D eigenvalue weighted by molar-refractivity contribution is 6.01. The lowest BCUT2D eigenvalue weighted by Gasteiger charge is -2.23. The van der Waals surface area contributed by atoms with Crippen molar-refractivity contribution in [1.82, 2.24) is 10.3 Å². The van der Waals surface area contributed by atoms with E-state index < -0.39 is 0 Å². The van der Waals surface area contributed by atoms with E-state index in [1.165, 1.54) is 18.6 Å². The first-order chi connectivity index (χ1) is 13.5. The number of fused-ring (bicyclic) bond motifs is 1. The van der Waals surface area contributed by atoms with Crippen molar-refractivity contribution < 1.29 is 14.3 Å². The summed E-state index contributed by atoms with van der Waals surface area (Å²) in [5, 5.41) is 12.9. The lowest BCUT2D eigenvalue weighted by molar-refractivity contribution is 0.0943. The average Bonchev–Trinajstić information content (AvgIpc) is 3.09. The predicted octanol–water partition coefficient (Wildman–Crippen LogP) is 2.37. The zero-order valence-electron chi connectivity index (χ0n) is 16.2. The van der Waals surface area contributed by atoms with Crippen LogP contribution in [0.3, 0.4) is 0 Å². The molecule has 1 unspecified atom stereocenters. The molecule has 1 aromatic carbocycles. The second-order valence-corrected chi connectivity index (χ2v) is 7.93. The predicted molar refractivity (Wildman–Crippen MR) is 109 cm³/mol. The van der Waals surface area contributed by atoms with Crippen molar-refractivity contribution in [3.63, 3.8) is 0 Å². The lowest BCUT2D eigenvalue weighted by atomic mass is 9.82. The molecule has 7 heteroatoms. The molecular formula is C21H31FN4O2. The summed E-state index contributed by atoms with van der Waals surface area (Å²) < 4.78 is 13.9. The maximum absolute atomic E-state index is 13.9. The molecule has 1 heterocycles. The number of hydrogen-bond acceptors (Lipinski definition) is 4. The van der Waals surface area contributed by atoms with E-state index in [1.54, 1.807) is 6.07 Å². The zero-order valence-corrected chi connectivity index (χ0v) is 16.2. The minimum Gasteiger partial charge on any atom is -0.396 e. The van der Waals surface area contributed by atoms with Gasteiger partial charge in [0.1, 0.15) is 11.5 Å². The third kappa shape index (κ3) is 4.71. The number of carbonyl (C=O) groups excluding carboxylic acids is 1. The van der Waals surface area contributed by atoms with Crippen LogP contribution in [-0.4, -0.2) is 41.7 Å². The van der Waals surface area contributed by atoms with E-state index >= 15 is 0 Å². The Bertz CT molecular complexity index is 797. The molecule has 0 spiro atoms. The Hall–Kier alpha value is -1.96. The van der Waals surface area contributed by atoms with E-state index in [-0.39, 0.29) is 36.2 Å². The smallest absolute Gasteiger partial charge is 0.268 e. The van der Waals surface area contributed by atoms with Crippen LogP contribution in [-0.2, 0) is 0 Å². The zero-order chi connectivity index (χ0) is 20.1. The Morgan fingerprint density at radius 1 is 1.32 bits per heavy atom. The summed E-state index contributed by atoms with van der Waals surface area (Å²) >= 11 is 0. The third-order valence-corrected chi connectivity index (χ3v) is 5.79. The van der Waals surface area contributed by atoms with Gasteiger partial charge in [-0.2, -0.15) is 0 Å². The van der Waals surface area contributed by atoms with E-state index in [1.807, 2.05) is 0 Å². The van der Waals surface area contributed by atoms with Crippen molar-refractivity contribution in [2.75, 3.05) is 19.7 Å². The maximum Gasteiger partial charge on any atom is 0.268 e. The number of amides is 1. The van der Waals surface area contributed by atoms with E-state index in [4.69, 9.17) is 11.5 Å².